The van der Waals surface area contributed by atoms with Crippen LogP contribution in [0, 0.1) is 18.6 Å². The van der Waals surface area contributed by atoms with Gasteiger partial charge in [0.1, 0.15) is 28.2 Å². The summed E-state index contributed by atoms with van der Waals surface area (Å²) in [5, 5.41) is 0. The zero-order valence-corrected chi connectivity index (χ0v) is 13.3. The van der Waals surface area contributed by atoms with Crippen LogP contribution in [0.5, 0.6) is 0 Å². The minimum atomic E-state index is -4.19. The number of pyridine rings is 1. The maximum atomic E-state index is 13.7. The first-order valence-electron chi connectivity index (χ1n) is 6.81. The largest absolute Gasteiger partial charge is 0.288 e. The van der Waals surface area contributed by atoms with Gasteiger partial charge in [-0.3, -0.25) is 9.29 Å². The van der Waals surface area contributed by atoms with Gasteiger partial charge in [0, 0.05) is 18.5 Å². The predicted octanol–water partition coefficient (Wildman–Crippen LogP) is 2.65. The van der Waals surface area contributed by atoms with Crippen molar-refractivity contribution in [3.63, 3.8) is 0 Å². The number of benzene rings is 1. The smallest absolute Gasteiger partial charge is 0.264 e. The van der Waals surface area contributed by atoms with E-state index in [0.29, 0.717) is 11.9 Å². The van der Waals surface area contributed by atoms with E-state index in [9.17, 15) is 17.2 Å². The molecule has 0 spiro atoms. The highest BCUT2D eigenvalue weighted by atomic mass is 32.2. The highest BCUT2D eigenvalue weighted by molar-refractivity contribution is 7.92. The molecule has 0 bridgehead atoms. The summed E-state index contributed by atoms with van der Waals surface area (Å²) in [6.45, 7) is 1.80. The maximum absolute atomic E-state index is 13.7. The fourth-order valence-electron chi connectivity index (χ4n) is 2.11. The third kappa shape index (κ3) is 3.11. The molecule has 0 aliphatic rings. The van der Waals surface area contributed by atoms with Gasteiger partial charge in [0.25, 0.3) is 10.0 Å². The molecule has 2 aromatic heterocycles. The van der Waals surface area contributed by atoms with Crippen molar-refractivity contribution >= 4 is 15.7 Å². The molecule has 9 heteroatoms. The Labute approximate surface area is 136 Å². The van der Waals surface area contributed by atoms with E-state index < -0.39 is 26.6 Å². The van der Waals surface area contributed by atoms with Gasteiger partial charge in [-0.2, -0.15) is 0 Å². The lowest BCUT2D eigenvalue weighted by molar-refractivity contribution is 0.551. The molecule has 6 nitrogen and oxygen atoms in total. The average molecular weight is 350 g/mol. The van der Waals surface area contributed by atoms with Crippen LogP contribution < -0.4 is 4.72 Å². The molecular weight excluding hydrogens is 338 g/mol. The van der Waals surface area contributed by atoms with Crippen LogP contribution in [0.2, 0.25) is 0 Å². The summed E-state index contributed by atoms with van der Waals surface area (Å²) >= 11 is 0. The van der Waals surface area contributed by atoms with Gasteiger partial charge in [-0.1, -0.05) is 0 Å². The molecule has 1 aromatic carbocycles. The van der Waals surface area contributed by atoms with E-state index in [0.717, 1.165) is 18.0 Å². The van der Waals surface area contributed by atoms with Crippen LogP contribution in [0.1, 0.15) is 5.82 Å². The number of halogens is 2. The Bertz CT molecular complexity index is 985. The molecule has 2 heterocycles. The second-order valence-corrected chi connectivity index (χ2v) is 6.58. The van der Waals surface area contributed by atoms with Gasteiger partial charge in [-0.05, 0) is 31.2 Å². The summed E-state index contributed by atoms with van der Waals surface area (Å²) in [5.74, 6) is -0.737. The number of aryl methyl sites for hydroxylation is 1. The van der Waals surface area contributed by atoms with Crippen LogP contribution in [0.15, 0.2) is 53.8 Å². The van der Waals surface area contributed by atoms with Crippen molar-refractivity contribution in [3.8, 4) is 5.82 Å². The molecule has 0 saturated heterocycles. The molecule has 0 atom stereocenters. The van der Waals surface area contributed by atoms with Gasteiger partial charge in [-0.15, -0.1) is 0 Å². The van der Waals surface area contributed by atoms with E-state index in [1.165, 1.54) is 12.3 Å². The summed E-state index contributed by atoms with van der Waals surface area (Å²) in [5.41, 5.74) is 0.153. The van der Waals surface area contributed by atoms with E-state index in [1.807, 2.05) is 0 Å². The molecule has 0 aliphatic heterocycles. The van der Waals surface area contributed by atoms with Crippen molar-refractivity contribution in [2.24, 2.45) is 0 Å². The van der Waals surface area contributed by atoms with E-state index in [4.69, 9.17) is 0 Å². The van der Waals surface area contributed by atoms with Crippen LogP contribution in [-0.2, 0) is 10.0 Å². The van der Waals surface area contributed by atoms with Crippen molar-refractivity contribution in [1.82, 2.24) is 14.5 Å². The number of aromatic nitrogens is 3. The average Bonchev–Trinajstić information content (AvgIpc) is 2.93. The number of sulfonamides is 1. The van der Waals surface area contributed by atoms with Gasteiger partial charge in [-0.25, -0.2) is 27.2 Å². The predicted molar refractivity (Wildman–Crippen MR) is 83.3 cm³/mol. The molecule has 24 heavy (non-hydrogen) atoms. The Hall–Kier alpha value is -2.81. The number of hydrogen-bond donors (Lipinski definition) is 1. The van der Waals surface area contributed by atoms with Crippen molar-refractivity contribution in [3.05, 3.63) is 66.4 Å². The molecular formula is C15H12F2N4O2S. The Morgan fingerprint density at radius 3 is 2.50 bits per heavy atom. The molecule has 1 N–H and O–H groups in total. The standard InChI is InChI=1S/C15H12F2N4O2S/c1-10-18-6-7-21(10)15-5-3-12(9-19-15)20-24(22,23)14-4-2-11(16)8-13(14)17/h2-9,20H,1H3. The number of nitrogens with zero attached hydrogens (tertiary/aromatic N) is 3. The third-order valence-electron chi connectivity index (χ3n) is 3.26. The number of rotatable bonds is 4. The van der Waals surface area contributed by atoms with Crippen LogP contribution >= 0.6 is 0 Å². The van der Waals surface area contributed by atoms with Crippen molar-refractivity contribution in [2.75, 3.05) is 4.72 Å². The molecule has 0 radical (unpaired) electrons. The van der Waals surface area contributed by atoms with Gasteiger partial charge in [0.2, 0.25) is 0 Å². The zero-order valence-electron chi connectivity index (χ0n) is 12.4. The highest BCUT2D eigenvalue weighted by Crippen LogP contribution is 2.20. The quantitative estimate of drug-likeness (QED) is 0.785. The van der Waals surface area contributed by atoms with Crippen molar-refractivity contribution in [1.29, 1.82) is 0 Å². The van der Waals surface area contributed by atoms with Crippen LogP contribution in [0.4, 0.5) is 14.5 Å². The zero-order chi connectivity index (χ0) is 17.3. The first-order valence-corrected chi connectivity index (χ1v) is 8.29. The summed E-state index contributed by atoms with van der Waals surface area (Å²) < 4.78 is 54.9. The Morgan fingerprint density at radius 2 is 1.92 bits per heavy atom. The molecule has 3 aromatic rings. The first kappa shape index (κ1) is 16.1. The van der Waals surface area contributed by atoms with Crippen LogP contribution in [-0.4, -0.2) is 23.0 Å². The molecule has 0 unspecified atom stereocenters. The lowest BCUT2D eigenvalue weighted by Gasteiger charge is -2.10. The Morgan fingerprint density at radius 1 is 1.12 bits per heavy atom. The maximum Gasteiger partial charge on any atom is 0.264 e. The Balaban J connectivity index is 1.86. The van der Waals surface area contributed by atoms with Crippen molar-refractivity contribution < 1.29 is 17.2 Å². The normalized spacial score (nSPS) is 11.5. The molecule has 0 amide bonds. The Kier molecular flexibility index (Phi) is 4.02. The minimum absolute atomic E-state index is 0.153. The third-order valence-corrected chi connectivity index (χ3v) is 4.67. The van der Waals surface area contributed by atoms with Crippen LogP contribution in [0.3, 0.4) is 0 Å². The monoisotopic (exact) mass is 350 g/mol. The fraction of sp³-hybridized carbons (Fsp3) is 0.0667. The topological polar surface area (TPSA) is 76.9 Å². The summed E-state index contributed by atoms with van der Waals surface area (Å²) in [6, 6.07) is 5.33. The second-order valence-electron chi connectivity index (χ2n) is 4.93. The number of hydrogen-bond acceptors (Lipinski definition) is 4. The van der Waals surface area contributed by atoms with E-state index in [1.54, 1.807) is 30.0 Å². The minimum Gasteiger partial charge on any atom is -0.288 e. The SMILES string of the molecule is Cc1nccn1-c1ccc(NS(=O)(=O)c2ccc(F)cc2F)cn1. The molecule has 3 rings (SSSR count). The van der Waals surface area contributed by atoms with E-state index in [2.05, 4.69) is 14.7 Å². The summed E-state index contributed by atoms with van der Waals surface area (Å²) in [7, 11) is -4.19. The molecule has 0 aliphatic carbocycles. The van der Waals surface area contributed by atoms with Gasteiger partial charge >= 0.3 is 0 Å². The lowest BCUT2D eigenvalue weighted by atomic mass is 10.3. The van der Waals surface area contributed by atoms with Crippen molar-refractivity contribution in [2.45, 2.75) is 11.8 Å². The number of imidazole rings is 1. The number of anilines is 1. The second kappa shape index (κ2) is 6.00. The van der Waals surface area contributed by atoms with E-state index in [-0.39, 0.29) is 5.69 Å². The van der Waals surface area contributed by atoms with E-state index >= 15 is 0 Å². The summed E-state index contributed by atoms with van der Waals surface area (Å²) in [6.07, 6.45) is 4.63. The van der Waals surface area contributed by atoms with Gasteiger partial charge in [0.15, 0.2) is 0 Å². The first-order chi connectivity index (χ1) is 11.4. The molecule has 0 fully saturated rings. The van der Waals surface area contributed by atoms with Gasteiger partial charge < -0.3 is 0 Å². The molecule has 124 valence electrons. The van der Waals surface area contributed by atoms with Gasteiger partial charge in [0.05, 0.1) is 11.9 Å². The lowest BCUT2D eigenvalue weighted by Crippen LogP contribution is -2.15. The fourth-order valence-corrected chi connectivity index (χ4v) is 3.22. The highest BCUT2D eigenvalue weighted by Gasteiger charge is 2.19. The molecule has 0 saturated carbocycles. The summed E-state index contributed by atoms with van der Waals surface area (Å²) in [4.78, 5) is 7.57. The van der Waals surface area contributed by atoms with Crippen LogP contribution in [0.25, 0.3) is 5.82 Å². The number of nitrogens with one attached hydrogen (secondary N) is 1.